The second-order valence-electron chi connectivity index (χ2n) is 10.3. The summed E-state index contributed by atoms with van der Waals surface area (Å²) in [6.45, 7) is 8.57. The van der Waals surface area contributed by atoms with E-state index in [2.05, 4.69) is 25.7 Å². The van der Waals surface area contributed by atoms with Crippen LogP contribution in [0.3, 0.4) is 0 Å². The molecule has 2 aliphatic heterocycles. The Bertz CT molecular complexity index is 1160. The van der Waals surface area contributed by atoms with Crippen molar-refractivity contribution in [2.75, 3.05) is 26.7 Å². The Kier molecular flexibility index (Phi) is 8.05. The fraction of sp³-hybridized carbons (Fsp3) is 0.538. The van der Waals surface area contributed by atoms with Gasteiger partial charge in [0.15, 0.2) is 6.17 Å². The van der Waals surface area contributed by atoms with Gasteiger partial charge in [0, 0.05) is 30.3 Å². The highest BCUT2D eigenvalue weighted by atomic mass is 16.7. The molecule has 10 heteroatoms. The quantitative estimate of drug-likeness (QED) is 0.578. The van der Waals surface area contributed by atoms with E-state index in [-0.39, 0.29) is 18.0 Å². The number of aliphatic imine (C=N–C) groups is 1. The van der Waals surface area contributed by atoms with E-state index in [1.807, 2.05) is 39.0 Å². The number of methoxy groups -OCH3 is 1. The summed E-state index contributed by atoms with van der Waals surface area (Å²) in [6.07, 6.45) is 5.23. The molecule has 1 atom stereocenters. The Morgan fingerprint density at radius 3 is 2.75 bits per heavy atom. The lowest BCUT2D eigenvalue weighted by molar-refractivity contribution is -0.123. The van der Waals surface area contributed by atoms with E-state index in [1.165, 1.54) is 30.0 Å². The third-order valence-corrected chi connectivity index (χ3v) is 6.16. The normalized spacial score (nSPS) is 18.4. The number of carbonyl (C=O) groups excluding carboxylic acids is 1. The van der Waals surface area contributed by atoms with Crippen LogP contribution in [0.1, 0.15) is 58.2 Å². The summed E-state index contributed by atoms with van der Waals surface area (Å²) < 4.78 is 6.72. The smallest absolute Gasteiger partial charge is 0.261 e. The zero-order valence-electron chi connectivity index (χ0n) is 21.5. The Hall–Kier alpha value is -3.24. The average Bonchev–Trinajstić information content (AvgIpc) is 3.32. The summed E-state index contributed by atoms with van der Waals surface area (Å²) in [5.41, 5.74) is 3.05. The van der Waals surface area contributed by atoms with Crippen LogP contribution in [-0.4, -0.2) is 58.5 Å². The average molecular weight is 497 g/mol. The van der Waals surface area contributed by atoms with Gasteiger partial charge in [-0.1, -0.05) is 18.6 Å². The first-order valence-corrected chi connectivity index (χ1v) is 12.5. The number of hydrogen-bond acceptors (Lipinski definition) is 8. The molecule has 0 aliphatic carbocycles. The fourth-order valence-electron chi connectivity index (χ4n) is 4.44. The first kappa shape index (κ1) is 25.8. The second kappa shape index (κ2) is 11.2. The van der Waals surface area contributed by atoms with Crippen LogP contribution in [0.25, 0.3) is 11.4 Å². The van der Waals surface area contributed by atoms with Crippen LogP contribution in [0.15, 0.2) is 40.2 Å². The molecule has 4 rings (SSSR count). The molecule has 10 nitrogen and oxygen atoms in total. The molecule has 2 N–H and O–H groups in total. The maximum atomic E-state index is 13.7. The molecule has 194 valence electrons. The van der Waals surface area contributed by atoms with E-state index in [1.54, 1.807) is 13.2 Å². The molecular weight excluding hydrogens is 460 g/mol. The van der Waals surface area contributed by atoms with E-state index < -0.39 is 11.7 Å². The van der Waals surface area contributed by atoms with Gasteiger partial charge in [-0.3, -0.25) is 14.2 Å². The largest absolute Gasteiger partial charge is 0.497 e. The van der Waals surface area contributed by atoms with Gasteiger partial charge in [-0.15, -0.1) is 5.48 Å². The summed E-state index contributed by atoms with van der Waals surface area (Å²) in [6, 6.07) is 7.24. The number of nitrogens with zero attached hydrogens (tertiary/aromatic N) is 4. The predicted octanol–water partition coefficient (Wildman–Crippen LogP) is 2.64. The van der Waals surface area contributed by atoms with Gasteiger partial charge in [0.25, 0.3) is 5.56 Å². The van der Waals surface area contributed by atoms with Gasteiger partial charge < -0.3 is 19.8 Å². The third kappa shape index (κ3) is 6.50. The number of carbonyl (C=O) groups is 1. The highest BCUT2D eigenvalue weighted by Gasteiger charge is 2.27. The molecule has 0 bridgehead atoms. The lowest BCUT2D eigenvalue weighted by Crippen LogP contribution is -2.44. The van der Waals surface area contributed by atoms with Crippen molar-refractivity contribution in [2.24, 2.45) is 4.99 Å². The van der Waals surface area contributed by atoms with E-state index in [0.29, 0.717) is 35.0 Å². The molecule has 1 unspecified atom stereocenters. The van der Waals surface area contributed by atoms with Crippen molar-refractivity contribution in [1.82, 2.24) is 25.2 Å². The predicted molar refractivity (Wildman–Crippen MR) is 138 cm³/mol. The highest BCUT2D eigenvalue weighted by Crippen LogP contribution is 2.24. The molecule has 1 saturated heterocycles. The highest BCUT2D eigenvalue weighted by molar-refractivity contribution is 5.78. The number of hydroxylamine groups is 1. The number of hydrogen-bond donors (Lipinski definition) is 2. The van der Waals surface area contributed by atoms with Gasteiger partial charge in [0.1, 0.15) is 18.1 Å². The summed E-state index contributed by atoms with van der Waals surface area (Å²) in [5, 5.41) is 2.92. The number of ether oxygens (including phenoxy) is 1. The van der Waals surface area contributed by atoms with Gasteiger partial charge in [0.05, 0.1) is 12.7 Å². The molecule has 3 heterocycles. The van der Waals surface area contributed by atoms with Crippen molar-refractivity contribution >= 4 is 11.8 Å². The van der Waals surface area contributed by atoms with Crippen molar-refractivity contribution in [1.29, 1.82) is 0 Å². The minimum absolute atomic E-state index is 0.178. The second-order valence-corrected chi connectivity index (χ2v) is 10.3. The molecule has 0 radical (unpaired) electrons. The lowest BCUT2D eigenvalue weighted by Gasteiger charge is -2.25. The SMILES string of the molecule is COc1cccc(-c2ncc(C3N=C(CCN4CCCCC4)ON3)c(=O)n2CC(=O)NC(C)(C)C)c1. The first-order valence-electron chi connectivity index (χ1n) is 12.5. The van der Waals surface area contributed by atoms with Crippen LogP contribution < -0.4 is 21.1 Å². The lowest BCUT2D eigenvalue weighted by atomic mass is 10.1. The van der Waals surface area contributed by atoms with Crippen LogP contribution in [0, 0.1) is 0 Å². The van der Waals surface area contributed by atoms with Crippen LogP contribution in [0.4, 0.5) is 0 Å². The maximum Gasteiger partial charge on any atom is 0.261 e. The molecule has 0 spiro atoms. The third-order valence-electron chi connectivity index (χ3n) is 6.16. The topological polar surface area (TPSA) is 110 Å². The van der Waals surface area contributed by atoms with E-state index >= 15 is 0 Å². The first-order chi connectivity index (χ1) is 17.2. The summed E-state index contributed by atoms with van der Waals surface area (Å²) >= 11 is 0. The summed E-state index contributed by atoms with van der Waals surface area (Å²) in [4.78, 5) is 43.7. The molecule has 1 aromatic heterocycles. The van der Waals surface area contributed by atoms with Crippen molar-refractivity contribution in [2.45, 2.75) is 64.7 Å². The standard InChI is InChI=1S/C26H36N6O4/c1-26(2,3)29-21(33)17-32-24(18-9-8-10-19(15-18)35-4)27-16-20(25(32)34)23-28-22(36-30-23)11-14-31-12-6-5-7-13-31/h8-10,15-16,23,30H,5-7,11-14,17H2,1-4H3,(H,29,33). The minimum Gasteiger partial charge on any atom is -0.497 e. The number of amides is 1. The molecule has 2 aromatic rings. The van der Waals surface area contributed by atoms with Gasteiger partial charge >= 0.3 is 0 Å². The number of likely N-dealkylation sites (tertiary alicyclic amines) is 1. The Balaban J connectivity index is 1.61. The van der Waals surface area contributed by atoms with E-state index in [9.17, 15) is 9.59 Å². The number of piperidine rings is 1. The van der Waals surface area contributed by atoms with Crippen LogP contribution >= 0.6 is 0 Å². The minimum atomic E-state index is -0.683. The van der Waals surface area contributed by atoms with E-state index in [4.69, 9.17) is 9.57 Å². The molecular formula is C26H36N6O4. The number of nitrogens with one attached hydrogen (secondary N) is 2. The van der Waals surface area contributed by atoms with Crippen molar-refractivity contribution < 1.29 is 14.4 Å². The zero-order chi connectivity index (χ0) is 25.7. The fourth-order valence-corrected chi connectivity index (χ4v) is 4.44. The Morgan fingerprint density at radius 1 is 1.25 bits per heavy atom. The Labute approximate surface area is 211 Å². The molecule has 1 amide bonds. The molecule has 36 heavy (non-hydrogen) atoms. The van der Waals surface area contributed by atoms with Gasteiger partial charge in [0.2, 0.25) is 11.8 Å². The molecule has 0 saturated carbocycles. The van der Waals surface area contributed by atoms with E-state index in [0.717, 1.165) is 19.6 Å². The number of rotatable bonds is 8. The number of benzene rings is 1. The van der Waals surface area contributed by atoms with Crippen molar-refractivity contribution in [3.05, 3.63) is 46.4 Å². The molecule has 1 fully saturated rings. The van der Waals surface area contributed by atoms with Gasteiger partial charge in [-0.05, 0) is 58.8 Å². The van der Waals surface area contributed by atoms with Crippen molar-refractivity contribution in [3.8, 4) is 17.1 Å². The van der Waals surface area contributed by atoms with Gasteiger partial charge in [-0.2, -0.15) is 0 Å². The Morgan fingerprint density at radius 2 is 2.03 bits per heavy atom. The van der Waals surface area contributed by atoms with Crippen LogP contribution in [0.5, 0.6) is 5.75 Å². The van der Waals surface area contributed by atoms with Gasteiger partial charge in [-0.25, -0.2) is 9.98 Å². The van der Waals surface area contributed by atoms with Crippen LogP contribution in [0.2, 0.25) is 0 Å². The monoisotopic (exact) mass is 496 g/mol. The maximum absolute atomic E-state index is 13.7. The molecule has 1 aromatic carbocycles. The zero-order valence-corrected chi connectivity index (χ0v) is 21.5. The molecule has 2 aliphatic rings. The summed E-state index contributed by atoms with van der Waals surface area (Å²) in [7, 11) is 1.58. The van der Waals surface area contributed by atoms with Crippen LogP contribution in [-0.2, 0) is 16.2 Å². The van der Waals surface area contributed by atoms with Crippen molar-refractivity contribution in [3.63, 3.8) is 0 Å². The number of aromatic nitrogens is 2. The summed E-state index contributed by atoms with van der Waals surface area (Å²) in [5.74, 6) is 1.29.